The van der Waals surface area contributed by atoms with Crippen LogP contribution in [0.4, 0.5) is 4.79 Å². The van der Waals surface area contributed by atoms with Gasteiger partial charge in [-0.15, -0.1) is 0 Å². The van der Waals surface area contributed by atoms with Crippen LogP contribution in [0.15, 0.2) is 48.5 Å². The zero-order chi connectivity index (χ0) is 23.3. The summed E-state index contributed by atoms with van der Waals surface area (Å²) in [6.45, 7) is 5.52. The average molecular weight is 439 g/mol. The molecule has 0 radical (unpaired) electrons. The number of hydrogen-bond acceptors (Lipinski definition) is 4. The fourth-order valence-electron chi connectivity index (χ4n) is 3.96. The number of carboxylic acids is 1. The minimum atomic E-state index is -1.07. The van der Waals surface area contributed by atoms with Crippen molar-refractivity contribution in [3.05, 3.63) is 59.7 Å². The predicted molar refractivity (Wildman–Crippen MR) is 121 cm³/mol. The van der Waals surface area contributed by atoms with Crippen LogP contribution in [0, 0.1) is 11.8 Å². The summed E-state index contributed by atoms with van der Waals surface area (Å²) in [4.78, 5) is 36.0. The molecule has 3 rings (SSSR count). The molecule has 0 saturated heterocycles. The van der Waals surface area contributed by atoms with Crippen molar-refractivity contribution in [2.45, 2.75) is 39.2 Å². The SMILES string of the molecule is CC[C@H](C)[C@H](NC(=O)C(C)CNC(=O)OCC1c2ccccc2-c2ccccc21)C(=O)O. The Morgan fingerprint density at radius 1 is 1.00 bits per heavy atom. The summed E-state index contributed by atoms with van der Waals surface area (Å²) in [5.74, 6) is -2.32. The van der Waals surface area contributed by atoms with Crippen LogP contribution in [0.2, 0.25) is 0 Å². The van der Waals surface area contributed by atoms with Crippen molar-refractivity contribution >= 4 is 18.0 Å². The van der Waals surface area contributed by atoms with Crippen LogP contribution in [0.25, 0.3) is 11.1 Å². The first-order valence-electron chi connectivity index (χ1n) is 11.0. The Hall–Kier alpha value is -3.35. The summed E-state index contributed by atoms with van der Waals surface area (Å²) in [6, 6.07) is 15.2. The van der Waals surface area contributed by atoms with Crippen LogP contribution >= 0.6 is 0 Å². The molecule has 7 nitrogen and oxygen atoms in total. The van der Waals surface area contributed by atoms with Crippen molar-refractivity contribution < 1.29 is 24.2 Å². The largest absolute Gasteiger partial charge is 0.480 e. The molecule has 0 spiro atoms. The Kier molecular flexibility index (Phi) is 7.51. The van der Waals surface area contributed by atoms with Gasteiger partial charge in [-0.3, -0.25) is 4.79 Å². The maximum absolute atomic E-state index is 12.4. The lowest BCUT2D eigenvalue weighted by atomic mass is 9.98. The van der Waals surface area contributed by atoms with E-state index in [1.807, 2.05) is 43.3 Å². The van der Waals surface area contributed by atoms with Crippen LogP contribution in [0.3, 0.4) is 0 Å². The van der Waals surface area contributed by atoms with Crippen LogP contribution in [-0.4, -0.2) is 42.3 Å². The first-order valence-corrected chi connectivity index (χ1v) is 11.0. The standard InChI is InChI=1S/C25H30N2O5/c1-4-15(2)22(24(29)30)27-23(28)16(3)13-26-25(31)32-14-21-19-11-7-5-9-17(19)18-10-6-8-12-20(18)21/h5-12,15-16,21-22H,4,13-14H2,1-3H3,(H,26,31)(H,27,28)(H,29,30)/t15-,16?,22-/m0/s1. The molecule has 2 aromatic rings. The molecule has 2 amide bonds. The highest BCUT2D eigenvalue weighted by molar-refractivity contribution is 5.85. The van der Waals surface area contributed by atoms with Gasteiger partial charge in [0.05, 0.1) is 5.92 Å². The number of fused-ring (bicyclic) bond motifs is 3. The van der Waals surface area contributed by atoms with E-state index in [1.54, 1.807) is 13.8 Å². The quantitative estimate of drug-likeness (QED) is 0.553. The third-order valence-corrected chi connectivity index (χ3v) is 6.12. The van der Waals surface area contributed by atoms with Gasteiger partial charge in [0, 0.05) is 12.5 Å². The van der Waals surface area contributed by atoms with E-state index in [1.165, 1.54) is 0 Å². The second kappa shape index (κ2) is 10.3. The van der Waals surface area contributed by atoms with Crippen molar-refractivity contribution in [1.82, 2.24) is 10.6 Å². The van der Waals surface area contributed by atoms with Gasteiger partial charge in [-0.05, 0) is 28.2 Å². The van der Waals surface area contributed by atoms with Crippen molar-refractivity contribution in [2.75, 3.05) is 13.2 Å². The Bertz CT molecular complexity index is 944. The van der Waals surface area contributed by atoms with Crippen molar-refractivity contribution in [3.63, 3.8) is 0 Å². The molecule has 3 atom stereocenters. The summed E-state index contributed by atoms with van der Waals surface area (Å²) >= 11 is 0. The van der Waals surface area contributed by atoms with Gasteiger partial charge in [0.1, 0.15) is 12.6 Å². The minimum Gasteiger partial charge on any atom is -0.480 e. The molecule has 0 bridgehead atoms. The molecule has 1 aliphatic carbocycles. The molecule has 170 valence electrons. The zero-order valence-corrected chi connectivity index (χ0v) is 18.6. The van der Waals surface area contributed by atoms with Crippen molar-refractivity contribution in [3.8, 4) is 11.1 Å². The minimum absolute atomic E-state index is 0.0410. The molecule has 0 heterocycles. The normalized spacial score (nSPS) is 15.1. The summed E-state index contributed by atoms with van der Waals surface area (Å²) in [7, 11) is 0. The molecular formula is C25H30N2O5. The van der Waals surface area contributed by atoms with E-state index < -0.39 is 29.9 Å². The Morgan fingerprint density at radius 3 is 2.09 bits per heavy atom. The Balaban J connectivity index is 1.52. The summed E-state index contributed by atoms with van der Waals surface area (Å²) in [5.41, 5.74) is 4.55. The smallest absolute Gasteiger partial charge is 0.407 e. The number of benzene rings is 2. The molecule has 3 N–H and O–H groups in total. The summed E-state index contributed by atoms with van der Waals surface area (Å²) in [5, 5.41) is 14.5. The van der Waals surface area contributed by atoms with E-state index in [9.17, 15) is 19.5 Å². The molecule has 0 aliphatic heterocycles. The summed E-state index contributed by atoms with van der Waals surface area (Å²) < 4.78 is 5.47. The number of carbonyl (C=O) groups is 3. The first-order chi connectivity index (χ1) is 15.3. The van der Waals surface area contributed by atoms with E-state index >= 15 is 0 Å². The van der Waals surface area contributed by atoms with Crippen LogP contribution in [-0.2, 0) is 14.3 Å². The monoisotopic (exact) mass is 438 g/mol. The van der Waals surface area contributed by atoms with Gasteiger partial charge in [-0.25, -0.2) is 9.59 Å². The lowest BCUT2D eigenvalue weighted by Crippen LogP contribution is -2.48. The highest BCUT2D eigenvalue weighted by atomic mass is 16.5. The fraction of sp³-hybridized carbons (Fsp3) is 0.400. The maximum Gasteiger partial charge on any atom is 0.407 e. The molecule has 0 saturated carbocycles. The lowest BCUT2D eigenvalue weighted by molar-refractivity contribution is -0.143. The average Bonchev–Trinajstić information content (AvgIpc) is 3.12. The zero-order valence-electron chi connectivity index (χ0n) is 18.6. The van der Waals surface area contributed by atoms with Gasteiger partial charge in [-0.2, -0.15) is 0 Å². The van der Waals surface area contributed by atoms with Crippen LogP contribution in [0.1, 0.15) is 44.2 Å². The van der Waals surface area contributed by atoms with E-state index in [2.05, 4.69) is 22.8 Å². The third-order valence-electron chi connectivity index (χ3n) is 6.12. The van der Waals surface area contributed by atoms with Crippen LogP contribution in [0.5, 0.6) is 0 Å². The molecular weight excluding hydrogens is 408 g/mol. The van der Waals surface area contributed by atoms with Crippen molar-refractivity contribution in [1.29, 1.82) is 0 Å². The number of amides is 2. The third kappa shape index (κ3) is 5.10. The number of carboxylic acid groups (broad SMARTS) is 1. The molecule has 32 heavy (non-hydrogen) atoms. The maximum atomic E-state index is 12.4. The topological polar surface area (TPSA) is 105 Å². The lowest BCUT2D eigenvalue weighted by Gasteiger charge is -2.22. The number of ether oxygens (including phenoxy) is 1. The highest BCUT2D eigenvalue weighted by Crippen LogP contribution is 2.44. The summed E-state index contributed by atoms with van der Waals surface area (Å²) in [6.07, 6.45) is 0.0205. The molecule has 1 unspecified atom stereocenters. The van der Waals surface area contributed by atoms with E-state index in [4.69, 9.17) is 4.74 Å². The van der Waals surface area contributed by atoms with Crippen LogP contribution < -0.4 is 10.6 Å². The molecule has 7 heteroatoms. The van der Waals surface area contributed by atoms with E-state index in [0.29, 0.717) is 6.42 Å². The number of nitrogens with one attached hydrogen (secondary N) is 2. The molecule has 2 aromatic carbocycles. The number of rotatable bonds is 9. The number of alkyl carbamates (subject to hydrolysis) is 1. The van der Waals surface area contributed by atoms with E-state index in [0.717, 1.165) is 22.3 Å². The van der Waals surface area contributed by atoms with Gasteiger partial charge in [0.15, 0.2) is 0 Å². The fourth-order valence-corrected chi connectivity index (χ4v) is 3.96. The van der Waals surface area contributed by atoms with Gasteiger partial charge in [0.2, 0.25) is 5.91 Å². The van der Waals surface area contributed by atoms with E-state index in [-0.39, 0.29) is 25.0 Å². The second-order valence-electron chi connectivity index (χ2n) is 8.32. The van der Waals surface area contributed by atoms with Gasteiger partial charge in [-0.1, -0.05) is 75.7 Å². The Labute approximate surface area is 188 Å². The van der Waals surface area contributed by atoms with Gasteiger partial charge >= 0.3 is 12.1 Å². The number of carbonyl (C=O) groups excluding carboxylic acids is 2. The second-order valence-corrected chi connectivity index (χ2v) is 8.32. The van der Waals surface area contributed by atoms with Gasteiger partial charge in [0.25, 0.3) is 0 Å². The Morgan fingerprint density at radius 2 is 1.56 bits per heavy atom. The number of hydrogen-bond donors (Lipinski definition) is 3. The molecule has 0 aromatic heterocycles. The highest BCUT2D eigenvalue weighted by Gasteiger charge is 2.30. The first kappa shape index (κ1) is 23.3. The molecule has 0 fully saturated rings. The number of aliphatic carboxylic acids is 1. The predicted octanol–water partition coefficient (Wildman–Crippen LogP) is 3.78. The van der Waals surface area contributed by atoms with Crippen molar-refractivity contribution in [2.24, 2.45) is 11.8 Å². The van der Waals surface area contributed by atoms with Gasteiger partial charge < -0.3 is 20.5 Å². The molecule has 1 aliphatic rings.